The van der Waals surface area contributed by atoms with E-state index < -0.39 is 6.10 Å². The van der Waals surface area contributed by atoms with Crippen molar-refractivity contribution < 1.29 is 28.8 Å². The molecule has 0 saturated heterocycles. The Kier molecular flexibility index (Phi) is 12.8. The van der Waals surface area contributed by atoms with Gasteiger partial charge in [0.2, 0.25) is 0 Å². The van der Waals surface area contributed by atoms with E-state index in [1.165, 1.54) is 7.11 Å². The molecule has 6 rings (SSSR count). The van der Waals surface area contributed by atoms with Crippen LogP contribution in [0.4, 0.5) is 0 Å². The van der Waals surface area contributed by atoms with E-state index in [1.54, 1.807) is 92.0 Å². The van der Waals surface area contributed by atoms with E-state index in [2.05, 4.69) is 6.07 Å². The standard InChI is InChI=1S/C22H19NO3.C22H17NO3/c2*1-25-21-13-17(22(24)19-10-6-5-9-18(19)14-23)11-12-20(21)26-15-16-7-3-2-4-8-16/h2-13,22,24H,15H2,1H3;2-13H,15H2,1H3. The minimum atomic E-state index is -0.914. The zero-order valence-electron chi connectivity index (χ0n) is 28.7. The molecule has 0 bridgehead atoms. The summed E-state index contributed by atoms with van der Waals surface area (Å²) < 4.78 is 22.4. The first-order chi connectivity index (χ1) is 25.4. The molecule has 8 heteroatoms. The molecule has 0 spiro atoms. The van der Waals surface area contributed by atoms with Crippen molar-refractivity contribution in [1.29, 1.82) is 10.5 Å². The second-order valence-electron chi connectivity index (χ2n) is 11.4. The Bertz CT molecular complexity index is 2190. The van der Waals surface area contributed by atoms with Crippen molar-refractivity contribution in [2.45, 2.75) is 19.3 Å². The third-order valence-electron chi connectivity index (χ3n) is 8.07. The number of ether oxygens (including phenoxy) is 4. The third kappa shape index (κ3) is 9.22. The van der Waals surface area contributed by atoms with Crippen LogP contribution in [0.3, 0.4) is 0 Å². The molecule has 0 heterocycles. The number of hydrogen-bond donors (Lipinski definition) is 1. The van der Waals surface area contributed by atoms with Gasteiger partial charge in [-0.1, -0.05) is 97.1 Å². The molecule has 0 aromatic heterocycles. The Labute approximate surface area is 303 Å². The van der Waals surface area contributed by atoms with Crippen LogP contribution in [0.25, 0.3) is 0 Å². The van der Waals surface area contributed by atoms with E-state index in [1.807, 2.05) is 66.7 Å². The lowest BCUT2D eigenvalue weighted by molar-refractivity contribution is 0.103. The van der Waals surface area contributed by atoms with Gasteiger partial charge in [0, 0.05) is 16.7 Å². The van der Waals surface area contributed by atoms with Crippen molar-refractivity contribution in [2.75, 3.05) is 14.2 Å². The highest BCUT2D eigenvalue weighted by molar-refractivity contribution is 6.10. The minimum absolute atomic E-state index is 0.227. The molecule has 6 aromatic carbocycles. The molecule has 52 heavy (non-hydrogen) atoms. The summed E-state index contributed by atoms with van der Waals surface area (Å²) in [6, 6.07) is 47.9. The Morgan fingerprint density at radius 1 is 0.596 bits per heavy atom. The molecule has 0 aliphatic heterocycles. The maximum atomic E-state index is 12.7. The first kappa shape index (κ1) is 36.4. The lowest BCUT2D eigenvalue weighted by Crippen LogP contribution is -2.05. The Morgan fingerprint density at radius 3 is 1.67 bits per heavy atom. The van der Waals surface area contributed by atoms with Crippen LogP contribution in [0.5, 0.6) is 23.0 Å². The minimum Gasteiger partial charge on any atom is -0.493 e. The molecular formula is C44H36N2O6. The first-order valence-electron chi connectivity index (χ1n) is 16.4. The number of nitrogens with zero attached hydrogens (tertiary/aromatic N) is 2. The van der Waals surface area contributed by atoms with Gasteiger partial charge in [-0.2, -0.15) is 10.5 Å². The molecule has 1 unspecified atom stereocenters. The fraction of sp³-hybridized carbons (Fsp3) is 0.114. The highest BCUT2D eigenvalue weighted by Gasteiger charge is 2.18. The molecule has 8 nitrogen and oxygen atoms in total. The second-order valence-corrected chi connectivity index (χ2v) is 11.4. The molecular weight excluding hydrogens is 652 g/mol. The summed E-state index contributed by atoms with van der Waals surface area (Å²) >= 11 is 0. The Hall–Kier alpha value is -6.87. The Morgan fingerprint density at radius 2 is 1.10 bits per heavy atom. The number of aliphatic hydroxyl groups excluding tert-OH is 1. The van der Waals surface area contributed by atoms with E-state index in [9.17, 15) is 20.4 Å². The Balaban J connectivity index is 0.000000201. The van der Waals surface area contributed by atoms with Gasteiger partial charge in [-0.25, -0.2) is 0 Å². The number of carbonyl (C=O) groups excluding carboxylic acids is 1. The van der Waals surface area contributed by atoms with Crippen LogP contribution in [-0.4, -0.2) is 25.1 Å². The zero-order chi connectivity index (χ0) is 36.7. The number of rotatable bonds is 12. The van der Waals surface area contributed by atoms with Gasteiger partial charge in [0.25, 0.3) is 0 Å². The topological polar surface area (TPSA) is 122 Å². The van der Waals surface area contributed by atoms with Crippen LogP contribution in [0, 0.1) is 22.7 Å². The number of ketones is 1. The van der Waals surface area contributed by atoms with Crippen LogP contribution in [0.2, 0.25) is 0 Å². The largest absolute Gasteiger partial charge is 0.493 e. The van der Waals surface area contributed by atoms with Crippen molar-refractivity contribution in [3.63, 3.8) is 0 Å². The lowest BCUT2D eigenvalue weighted by atomic mass is 9.97. The van der Waals surface area contributed by atoms with E-state index in [-0.39, 0.29) is 5.78 Å². The monoisotopic (exact) mass is 688 g/mol. The lowest BCUT2D eigenvalue weighted by Gasteiger charge is -2.16. The second kappa shape index (κ2) is 18.2. The van der Waals surface area contributed by atoms with Crippen molar-refractivity contribution in [3.8, 4) is 35.1 Å². The normalized spacial score (nSPS) is 10.7. The van der Waals surface area contributed by atoms with Gasteiger partial charge in [-0.3, -0.25) is 4.79 Å². The van der Waals surface area contributed by atoms with Crippen LogP contribution in [0.1, 0.15) is 55.4 Å². The number of benzene rings is 6. The van der Waals surface area contributed by atoms with Gasteiger partial charge in [0.05, 0.1) is 37.5 Å². The molecule has 0 aliphatic rings. The smallest absolute Gasteiger partial charge is 0.194 e. The number of nitriles is 2. The molecule has 0 radical (unpaired) electrons. The highest BCUT2D eigenvalue weighted by Crippen LogP contribution is 2.34. The molecule has 0 amide bonds. The summed E-state index contributed by atoms with van der Waals surface area (Å²) in [7, 11) is 3.09. The number of methoxy groups -OCH3 is 2. The van der Waals surface area contributed by atoms with Gasteiger partial charge in [0.15, 0.2) is 28.8 Å². The van der Waals surface area contributed by atoms with E-state index in [0.29, 0.717) is 69.6 Å². The number of aliphatic hydroxyl groups is 1. The average molecular weight is 689 g/mol. The van der Waals surface area contributed by atoms with Crippen LogP contribution in [-0.2, 0) is 13.2 Å². The molecule has 0 fully saturated rings. The van der Waals surface area contributed by atoms with Gasteiger partial charge in [0.1, 0.15) is 19.3 Å². The summed E-state index contributed by atoms with van der Waals surface area (Å²) in [5, 5.41) is 29.1. The SMILES string of the molecule is COc1cc(C(=O)c2ccccc2C#N)ccc1OCc1ccccc1.COc1cc(C(O)c2ccccc2C#N)ccc1OCc1ccccc1. The maximum Gasteiger partial charge on any atom is 0.194 e. The average Bonchev–Trinajstić information content (AvgIpc) is 3.22. The summed E-state index contributed by atoms with van der Waals surface area (Å²) in [4.78, 5) is 12.7. The van der Waals surface area contributed by atoms with Crippen molar-refractivity contribution in [3.05, 3.63) is 190 Å². The van der Waals surface area contributed by atoms with Crippen LogP contribution >= 0.6 is 0 Å². The van der Waals surface area contributed by atoms with E-state index >= 15 is 0 Å². The summed E-state index contributed by atoms with van der Waals surface area (Å²) in [5.41, 5.74) is 4.90. The first-order valence-corrected chi connectivity index (χ1v) is 16.4. The van der Waals surface area contributed by atoms with E-state index in [4.69, 9.17) is 18.9 Å². The van der Waals surface area contributed by atoms with Gasteiger partial charge in [-0.05, 0) is 65.2 Å². The molecule has 0 saturated carbocycles. The summed E-state index contributed by atoms with van der Waals surface area (Å²) in [5.74, 6) is 1.94. The summed E-state index contributed by atoms with van der Waals surface area (Å²) in [6.45, 7) is 0.831. The predicted octanol–water partition coefficient (Wildman–Crippen LogP) is 8.60. The van der Waals surface area contributed by atoms with Crippen LogP contribution in [0.15, 0.2) is 146 Å². The predicted molar refractivity (Wildman–Crippen MR) is 197 cm³/mol. The van der Waals surface area contributed by atoms with E-state index in [0.717, 1.165) is 11.1 Å². The third-order valence-corrected chi connectivity index (χ3v) is 8.07. The van der Waals surface area contributed by atoms with Gasteiger partial charge in [-0.15, -0.1) is 0 Å². The van der Waals surface area contributed by atoms with Crippen molar-refractivity contribution in [2.24, 2.45) is 0 Å². The van der Waals surface area contributed by atoms with Crippen LogP contribution < -0.4 is 18.9 Å². The quantitative estimate of drug-likeness (QED) is 0.127. The van der Waals surface area contributed by atoms with Gasteiger partial charge >= 0.3 is 0 Å². The molecule has 258 valence electrons. The van der Waals surface area contributed by atoms with Crippen molar-refractivity contribution in [1.82, 2.24) is 0 Å². The molecule has 1 N–H and O–H groups in total. The molecule has 6 aromatic rings. The fourth-order valence-corrected chi connectivity index (χ4v) is 5.32. The highest BCUT2D eigenvalue weighted by atomic mass is 16.5. The molecule has 0 aliphatic carbocycles. The molecule has 1 atom stereocenters. The van der Waals surface area contributed by atoms with Crippen molar-refractivity contribution >= 4 is 5.78 Å². The zero-order valence-corrected chi connectivity index (χ0v) is 28.7. The number of hydrogen-bond acceptors (Lipinski definition) is 8. The van der Waals surface area contributed by atoms with Gasteiger partial charge < -0.3 is 24.1 Å². The maximum absolute atomic E-state index is 12.7. The summed E-state index contributed by atoms with van der Waals surface area (Å²) in [6.07, 6.45) is -0.914. The fourth-order valence-electron chi connectivity index (χ4n) is 5.32. The number of carbonyl (C=O) groups is 1.